The third-order valence-corrected chi connectivity index (χ3v) is 7.00. The summed E-state index contributed by atoms with van der Waals surface area (Å²) in [7, 11) is 1.58. The molecule has 0 fully saturated rings. The zero-order valence-corrected chi connectivity index (χ0v) is 24.4. The maximum atomic E-state index is 14.0. The van der Waals surface area contributed by atoms with Crippen molar-refractivity contribution in [1.29, 1.82) is 0 Å². The summed E-state index contributed by atoms with van der Waals surface area (Å²) < 4.78 is 11.1. The molecule has 0 aromatic heterocycles. The lowest BCUT2D eigenvalue weighted by molar-refractivity contribution is -0.137. The Balaban J connectivity index is 1.60. The summed E-state index contributed by atoms with van der Waals surface area (Å²) in [5.41, 5.74) is 3.95. The fraction of sp³-hybridized carbons (Fsp3) is 0.229. The molecule has 8 heteroatoms. The zero-order valence-electron chi connectivity index (χ0n) is 24.4. The van der Waals surface area contributed by atoms with E-state index in [1.807, 2.05) is 79.7 Å². The van der Waals surface area contributed by atoms with Crippen molar-refractivity contribution in [2.24, 2.45) is 0 Å². The first-order valence-electron chi connectivity index (χ1n) is 14.2. The topological polar surface area (TPSA) is 105 Å². The van der Waals surface area contributed by atoms with E-state index >= 15 is 0 Å². The third kappa shape index (κ3) is 8.23. The molecule has 0 aliphatic carbocycles. The second-order valence-electron chi connectivity index (χ2n) is 9.86. The van der Waals surface area contributed by atoms with Crippen LogP contribution >= 0.6 is 0 Å². The van der Waals surface area contributed by atoms with Crippen molar-refractivity contribution in [3.05, 3.63) is 119 Å². The first kappa shape index (κ1) is 30.8. The molecule has 0 spiro atoms. The van der Waals surface area contributed by atoms with Gasteiger partial charge in [-0.2, -0.15) is 0 Å². The predicted octanol–water partition coefficient (Wildman–Crippen LogP) is 5.85. The van der Waals surface area contributed by atoms with Crippen molar-refractivity contribution in [2.75, 3.05) is 26.8 Å². The van der Waals surface area contributed by atoms with E-state index in [1.165, 1.54) is 0 Å². The number of ether oxygens (including phenoxy) is 2. The molecule has 0 aliphatic heterocycles. The molecular weight excluding hydrogens is 544 g/mol. The summed E-state index contributed by atoms with van der Waals surface area (Å²) in [4.78, 5) is 40.3. The fourth-order valence-corrected chi connectivity index (χ4v) is 4.82. The molecule has 8 nitrogen and oxygen atoms in total. The predicted molar refractivity (Wildman–Crippen MR) is 166 cm³/mol. The molecule has 0 saturated carbocycles. The fourth-order valence-electron chi connectivity index (χ4n) is 4.82. The molecule has 0 atom stereocenters. The monoisotopic (exact) mass is 580 g/mol. The van der Waals surface area contributed by atoms with Crippen LogP contribution in [0, 0.1) is 0 Å². The second-order valence-corrected chi connectivity index (χ2v) is 9.86. The molecular formula is C35H36N2O6. The molecule has 0 bridgehead atoms. The highest BCUT2D eigenvalue weighted by Crippen LogP contribution is 2.30. The summed E-state index contributed by atoms with van der Waals surface area (Å²) in [6.45, 7) is 3.06. The quantitative estimate of drug-likeness (QED) is 0.194. The standard InChI is InChI=1S/C35H36N2O6/c1-3-43-32-23-25(17-18-31(32)42-2)19-21-37(22-20-33(38)39)35(41)30-16-10-8-14-28(30)27-13-7-9-15-29(27)34(40)36-24-26-11-5-4-6-12-26/h4-18,23H,3,19-22,24H2,1-2H3,(H,36,40)(H,38,39). The van der Waals surface area contributed by atoms with Crippen LogP contribution in [0.25, 0.3) is 11.1 Å². The van der Waals surface area contributed by atoms with E-state index in [4.69, 9.17) is 9.47 Å². The number of rotatable bonds is 14. The highest BCUT2D eigenvalue weighted by Gasteiger charge is 2.23. The first-order chi connectivity index (χ1) is 20.9. The number of carbonyl (C=O) groups excluding carboxylic acids is 2. The van der Waals surface area contributed by atoms with Gasteiger partial charge in [0.1, 0.15) is 0 Å². The molecule has 0 radical (unpaired) electrons. The minimum atomic E-state index is -0.991. The number of hydrogen-bond acceptors (Lipinski definition) is 5. The molecule has 4 aromatic carbocycles. The summed E-state index contributed by atoms with van der Waals surface area (Å²) in [6.07, 6.45) is 0.287. The number of carboxylic acids is 1. The second kappa shape index (κ2) is 15.2. The van der Waals surface area contributed by atoms with Crippen molar-refractivity contribution in [3.63, 3.8) is 0 Å². The number of nitrogens with one attached hydrogen (secondary N) is 1. The third-order valence-electron chi connectivity index (χ3n) is 7.00. The first-order valence-corrected chi connectivity index (χ1v) is 14.2. The van der Waals surface area contributed by atoms with Gasteiger partial charge in [0.25, 0.3) is 11.8 Å². The number of nitrogens with zero attached hydrogens (tertiary/aromatic N) is 1. The summed E-state index contributed by atoms with van der Waals surface area (Å²) in [5.74, 6) is -0.332. The van der Waals surface area contributed by atoms with Crippen LogP contribution in [0.2, 0.25) is 0 Å². The Labute approximate surface area is 251 Å². The Morgan fingerprint density at radius 2 is 1.42 bits per heavy atom. The SMILES string of the molecule is CCOc1cc(CCN(CCC(=O)O)C(=O)c2ccccc2-c2ccccc2C(=O)NCc2ccccc2)ccc1OC. The lowest BCUT2D eigenvalue weighted by Crippen LogP contribution is -2.35. The molecule has 2 amide bonds. The van der Waals surface area contributed by atoms with Gasteiger partial charge in [-0.1, -0.05) is 72.8 Å². The molecule has 0 heterocycles. The summed E-state index contributed by atoms with van der Waals surface area (Å²) in [6, 6.07) is 29.5. The normalized spacial score (nSPS) is 10.6. The van der Waals surface area contributed by atoms with Crippen LogP contribution < -0.4 is 14.8 Å². The number of methoxy groups -OCH3 is 1. The highest BCUT2D eigenvalue weighted by molar-refractivity contribution is 6.06. The molecule has 0 unspecified atom stereocenters. The Bertz CT molecular complexity index is 1550. The molecule has 4 rings (SSSR count). The van der Waals surface area contributed by atoms with Gasteiger partial charge >= 0.3 is 5.97 Å². The van der Waals surface area contributed by atoms with E-state index < -0.39 is 5.97 Å². The maximum absolute atomic E-state index is 14.0. The van der Waals surface area contributed by atoms with E-state index in [-0.39, 0.29) is 31.3 Å². The van der Waals surface area contributed by atoms with Crippen LogP contribution in [0.15, 0.2) is 97.1 Å². The van der Waals surface area contributed by atoms with Gasteiger partial charge in [-0.3, -0.25) is 14.4 Å². The number of aliphatic carboxylic acids is 1. The minimum absolute atomic E-state index is 0.0379. The number of benzene rings is 4. The maximum Gasteiger partial charge on any atom is 0.305 e. The van der Waals surface area contributed by atoms with Gasteiger partial charge in [-0.15, -0.1) is 0 Å². The van der Waals surface area contributed by atoms with Crippen molar-refractivity contribution >= 4 is 17.8 Å². The molecule has 2 N–H and O–H groups in total. The van der Waals surface area contributed by atoms with E-state index in [9.17, 15) is 19.5 Å². The van der Waals surface area contributed by atoms with Crippen LogP contribution in [-0.4, -0.2) is 54.6 Å². The van der Waals surface area contributed by atoms with Crippen LogP contribution in [0.4, 0.5) is 0 Å². The van der Waals surface area contributed by atoms with Crippen LogP contribution in [-0.2, 0) is 17.8 Å². The number of hydrogen-bond donors (Lipinski definition) is 2. The van der Waals surface area contributed by atoms with Gasteiger partial charge in [-0.05, 0) is 59.9 Å². The Morgan fingerprint density at radius 3 is 2.09 bits per heavy atom. The number of amides is 2. The van der Waals surface area contributed by atoms with Gasteiger partial charge in [0, 0.05) is 30.8 Å². The minimum Gasteiger partial charge on any atom is -0.493 e. The lowest BCUT2D eigenvalue weighted by atomic mass is 9.94. The zero-order chi connectivity index (χ0) is 30.6. The van der Waals surface area contributed by atoms with Crippen LogP contribution in [0.5, 0.6) is 11.5 Å². The molecule has 0 aliphatic rings. The molecule has 43 heavy (non-hydrogen) atoms. The van der Waals surface area contributed by atoms with Gasteiger partial charge in [0.2, 0.25) is 0 Å². The van der Waals surface area contributed by atoms with E-state index in [0.717, 1.165) is 11.1 Å². The van der Waals surface area contributed by atoms with Gasteiger partial charge in [0.05, 0.1) is 20.1 Å². The van der Waals surface area contributed by atoms with Crippen molar-refractivity contribution in [3.8, 4) is 22.6 Å². The van der Waals surface area contributed by atoms with Crippen LogP contribution in [0.1, 0.15) is 45.2 Å². The lowest BCUT2D eigenvalue weighted by Gasteiger charge is -2.24. The van der Waals surface area contributed by atoms with E-state index in [1.54, 1.807) is 36.3 Å². The largest absolute Gasteiger partial charge is 0.493 e. The average Bonchev–Trinajstić information content (AvgIpc) is 3.04. The Kier molecular flexibility index (Phi) is 10.9. The Hall–Kier alpha value is -5.11. The van der Waals surface area contributed by atoms with Crippen molar-refractivity contribution in [1.82, 2.24) is 10.2 Å². The van der Waals surface area contributed by atoms with Crippen molar-refractivity contribution in [2.45, 2.75) is 26.3 Å². The highest BCUT2D eigenvalue weighted by atomic mass is 16.5. The Morgan fingerprint density at radius 1 is 0.767 bits per heavy atom. The van der Waals surface area contributed by atoms with Gasteiger partial charge in [0.15, 0.2) is 11.5 Å². The van der Waals surface area contributed by atoms with Crippen LogP contribution in [0.3, 0.4) is 0 Å². The van der Waals surface area contributed by atoms with E-state index in [2.05, 4.69) is 5.32 Å². The summed E-state index contributed by atoms with van der Waals surface area (Å²) >= 11 is 0. The van der Waals surface area contributed by atoms with Gasteiger partial charge < -0.3 is 24.8 Å². The smallest absolute Gasteiger partial charge is 0.305 e. The molecule has 222 valence electrons. The average molecular weight is 581 g/mol. The van der Waals surface area contributed by atoms with E-state index in [0.29, 0.717) is 53.3 Å². The summed E-state index contributed by atoms with van der Waals surface area (Å²) in [5, 5.41) is 12.4. The molecule has 0 saturated heterocycles. The number of carbonyl (C=O) groups is 3. The van der Waals surface area contributed by atoms with Crippen molar-refractivity contribution < 1.29 is 29.0 Å². The number of carboxylic acid groups (broad SMARTS) is 1. The van der Waals surface area contributed by atoms with Gasteiger partial charge in [-0.25, -0.2) is 0 Å². The molecule has 4 aromatic rings.